The molecule has 1 aliphatic heterocycles. The fourth-order valence-electron chi connectivity index (χ4n) is 4.40. The summed E-state index contributed by atoms with van der Waals surface area (Å²) in [5.74, 6) is 2.70. The standard InChI is InChI=1S/C28H25NO4S/c1-31-24-17-19-13-14-29(27(26-12-7-15-34-26)23(19)18-25(24)32-2)28(30)20-8-6-11-22(16-20)33-21-9-4-3-5-10-21/h3-12,15-18,27H,13-14H2,1-2H3/t27-/m1/s1. The van der Waals surface area contributed by atoms with E-state index in [1.54, 1.807) is 25.6 Å². The Morgan fingerprint density at radius 2 is 1.65 bits per heavy atom. The Labute approximate surface area is 203 Å². The van der Waals surface area contributed by atoms with Crippen LogP contribution < -0.4 is 14.2 Å². The number of methoxy groups -OCH3 is 2. The molecular formula is C28H25NO4S. The summed E-state index contributed by atoms with van der Waals surface area (Å²) in [4.78, 5) is 16.9. The number of benzene rings is 3. The van der Waals surface area contributed by atoms with Crippen molar-refractivity contribution in [1.82, 2.24) is 4.90 Å². The molecule has 1 amide bonds. The van der Waals surface area contributed by atoms with E-state index in [1.165, 1.54) is 5.56 Å². The fraction of sp³-hybridized carbons (Fsp3) is 0.179. The number of ether oxygens (including phenoxy) is 3. The number of fused-ring (bicyclic) bond motifs is 1. The van der Waals surface area contributed by atoms with Crippen LogP contribution in [0.15, 0.2) is 84.2 Å². The summed E-state index contributed by atoms with van der Waals surface area (Å²) in [5.41, 5.74) is 2.83. The molecule has 0 bridgehead atoms. The van der Waals surface area contributed by atoms with Crippen molar-refractivity contribution < 1.29 is 19.0 Å². The Morgan fingerprint density at radius 3 is 2.38 bits per heavy atom. The molecule has 0 unspecified atom stereocenters. The van der Waals surface area contributed by atoms with E-state index in [9.17, 15) is 4.79 Å². The monoisotopic (exact) mass is 471 g/mol. The largest absolute Gasteiger partial charge is 0.493 e. The Bertz CT molecular complexity index is 1290. The molecule has 3 aromatic carbocycles. The highest BCUT2D eigenvalue weighted by Gasteiger charge is 2.34. The minimum atomic E-state index is -0.199. The summed E-state index contributed by atoms with van der Waals surface area (Å²) < 4.78 is 17.1. The SMILES string of the molecule is COc1cc2c(cc1OC)[C@H](c1cccs1)N(C(=O)c1cccc(Oc3ccccc3)c1)CC2. The molecule has 0 saturated carbocycles. The van der Waals surface area contributed by atoms with Gasteiger partial charge in [0.25, 0.3) is 5.91 Å². The summed E-state index contributed by atoms with van der Waals surface area (Å²) in [6.07, 6.45) is 0.740. The highest BCUT2D eigenvalue weighted by Crippen LogP contribution is 2.42. The van der Waals surface area contributed by atoms with Crippen LogP contribution in [0.5, 0.6) is 23.0 Å². The second-order valence-corrected chi connectivity index (χ2v) is 8.99. The molecule has 0 N–H and O–H groups in total. The highest BCUT2D eigenvalue weighted by atomic mass is 32.1. The number of thiophene rings is 1. The first kappa shape index (κ1) is 22.0. The van der Waals surface area contributed by atoms with E-state index in [2.05, 4.69) is 6.07 Å². The maximum atomic E-state index is 13.8. The van der Waals surface area contributed by atoms with E-state index in [-0.39, 0.29) is 11.9 Å². The number of carbonyl (C=O) groups excluding carboxylic acids is 1. The zero-order chi connectivity index (χ0) is 23.5. The predicted octanol–water partition coefficient (Wildman–Crippen LogP) is 6.35. The van der Waals surface area contributed by atoms with Crippen molar-refractivity contribution in [3.8, 4) is 23.0 Å². The second kappa shape index (κ2) is 9.61. The Hall–Kier alpha value is -3.77. The minimum absolute atomic E-state index is 0.0302. The number of hydrogen-bond donors (Lipinski definition) is 0. The maximum absolute atomic E-state index is 13.8. The summed E-state index contributed by atoms with van der Waals surface area (Å²) in [5, 5.41) is 2.04. The van der Waals surface area contributed by atoms with E-state index in [0.29, 0.717) is 29.4 Å². The van der Waals surface area contributed by atoms with Gasteiger partial charge in [0.1, 0.15) is 11.5 Å². The van der Waals surface area contributed by atoms with Crippen LogP contribution in [0.25, 0.3) is 0 Å². The van der Waals surface area contributed by atoms with Crippen molar-refractivity contribution in [2.45, 2.75) is 12.5 Å². The third-order valence-corrected chi connectivity index (χ3v) is 6.93. The molecule has 1 aliphatic rings. The molecule has 172 valence electrons. The number of para-hydroxylation sites is 1. The molecule has 0 radical (unpaired) electrons. The maximum Gasteiger partial charge on any atom is 0.254 e. The van der Waals surface area contributed by atoms with Crippen molar-refractivity contribution in [1.29, 1.82) is 0 Å². The lowest BCUT2D eigenvalue weighted by Gasteiger charge is -2.37. The van der Waals surface area contributed by atoms with Gasteiger partial charge >= 0.3 is 0 Å². The molecular weight excluding hydrogens is 446 g/mol. The molecule has 6 heteroatoms. The third kappa shape index (κ3) is 4.24. The number of carbonyl (C=O) groups is 1. The summed E-state index contributed by atoms with van der Waals surface area (Å²) in [6, 6.07) is 24.9. The molecule has 5 rings (SSSR count). The first-order chi connectivity index (χ1) is 16.7. The highest BCUT2D eigenvalue weighted by molar-refractivity contribution is 7.10. The van der Waals surface area contributed by atoms with Gasteiger partial charge in [0.2, 0.25) is 0 Å². The van der Waals surface area contributed by atoms with E-state index in [4.69, 9.17) is 14.2 Å². The van der Waals surface area contributed by atoms with Gasteiger partial charge in [-0.25, -0.2) is 0 Å². The van der Waals surface area contributed by atoms with Crippen LogP contribution in [0.1, 0.15) is 32.4 Å². The molecule has 0 spiro atoms. The lowest BCUT2D eigenvalue weighted by molar-refractivity contribution is 0.0696. The van der Waals surface area contributed by atoms with Crippen molar-refractivity contribution in [2.75, 3.05) is 20.8 Å². The van der Waals surface area contributed by atoms with E-state index < -0.39 is 0 Å². The van der Waals surface area contributed by atoms with Gasteiger partial charge in [0, 0.05) is 17.0 Å². The molecule has 0 saturated heterocycles. The Balaban J connectivity index is 1.51. The van der Waals surface area contributed by atoms with Gasteiger partial charge in [-0.2, -0.15) is 0 Å². The summed E-state index contributed by atoms with van der Waals surface area (Å²) >= 11 is 1.65. The zero-order valence-electron chi connectivity index (χ0n) is 19.1. The average molecular weight is 472 g/mol. The van der Waals surface area contributed by atoms with Crippen LogP contribution in [0.4, 0.5) is 0 Å². The number of amides is 1. The zero-order valence-corrected chi connectivity index (χ0v) is 19.9. The van der Waals surface area contributed by atoms with Crippen molar-refractivity contribution in [3.05, 3.63) is 106 Å². The summed E-state index contributed by atoms with van der Waals surface area (Å²) in [7, 11) is 3.28. The van der Waals surface area contributed by atoms with Gasteiger partial charge in [-0.05, 0) is 71.5 Å². The minimum Gasteiger partial charge on any atom is -0.493 e. The fourth-order valence-corrected chi connectivity index (χ4v) is 5.26. The molecule has 4 aromatic rings. The van der Waals surface area contributed by atoms with Gasteiger partial charge in [0.15, 0.2) is 11.5 Å². The van der Waals surface area contributed by atoms with Crippen molar-refractivity contribution >= 4 is 17.2 Å². The molecule has 1 aromatic heterocycles. The first-order valence-corrected chi connectivity index (χ1v) is 12.0. The normalized spacial score (nSPS) is 14.9. The predicted molar refractivity (Wildman–Crippen MR) is 133 cm³/mol. The lowest BCUT2D eigenvalue weighted by atomic mass is 9.90. The molecule has 34 heavy (non-hydrogen) atoms. The number of nitrogens with zero attached hydrogens (tertiary/aromatic N) is 1. The first-order valence-electron chi connectivity index (χ1n) is 11.1. The topological polar surface area (TPSA) is 48.0 Å². The molecule has 0 aliphatic carbocycles. The smallest absolute Gasteiger partial charge is 0.254 e. The summed E-state index contributed by atoms with van der Waals surface area (Å²) in [6.45, 7) is 0.605. The molecule has 5 nitrogen and oxygen atoms in total. The van der Waals surface area contributed by atoms with Crippen LogP contribution >= 0.6 is 11.3 Å². The number of rotatable bonds is 6. The Morgan fingerprint density at radius 1 is 0.882 bits per heavy atom. The van der Waals surface area contributed by atoms with E-state index in [0.717, 1.165) is 22.6 Å². The quantitative estimate of drug-likeness (QED) is 0.329. The van der Waals surface area contributed by atoms with Crippen LogP contribution in [-0.2, 0) is 6.42 Å². The average Bonchev–Trinajstić information content (AvgIpc) is 3.42. The van der Waals surface area contributed by atoms with Gasteiger partial charge in [-0.15, -0.1) is 11.3 Å². The van der Waals surface area contributed by atoms with E-state index >= 15 is 0 Å². The molecule has 1 atom stereocenters. The van der Waals surface area contributed by atoms with Gasteiger partial charge in [-0.3, -0.25) is 4.79 Å². The molecule has 2 heterocycles. The van der Waals surface area contributed by atoms with Crippen molar-refractivity contribution in [2.24, 2.45) is 0 Å². The van der Waals surface area contributed by atoms with Crippen molar-refractivity contribution in [3.63, 3.8) is 0 Å². The third-order valence-electron chi connectivity index (χ3n) is 6.01. The second-order valence-electron chi connectivity index (χ2n) is 8.02. The van der Waals surface area contributed by atoms with Gasteiger partial charge in [0.05, 0.1) is 20.3 Å². The Kier molecular flexibility index (Phi) is 6.23. The van der Waals surface area contributed by atoms with E-state index in [1.807, 2.05) is 83.1 Å². The van der Waals surface area contributed by atoms with Crippen LogP contribution in [0.3, 0.4) is 0 Å². The van der Waals surface area contributed by atoms with Crippen LogP contribution in [0.2, 0.25) is 0 Å². The molecule has 0 fully saturated rings. The van der Waals surface area contributed by atoms with Crippen LogP contribution in [0, 0.1) is 0 Å². The number of hydrogen-bond acceptors (Lipinski definition) is 5. The van der Waals surface area contributed by atoms with Gasteiger partial charge < -0.3 is 19.1 Å². The van der Waals surface area contributed by atoms with Crippen LogP contribution in [-0.4, -0.2) is 31.6 Å². The van der Waals surface area contributed by atoms with Gasteiger partial charge in [-0.1, -0.05) is 30.3 Å². The lowest BCUT2D eigenvalue weighted by Crippen LogP contribution is -2.40.